The van der Waals surface area contributed by atoms with Crippen LogP contribution in [0.5, 0.6) is 0 Å². The van der Waals surface area contributed by atoms with Crippen LogP contribution in [0.25, 0.3) is 16.6 Å². The quantitative estimate of drug-likeness (QED) is 0.740. The summed E-state index contributed by atoms with van der Waals surface area (Å²) in [5, 5.41) is 12.5. The van der Waals surface area contributed by atoms with Gasteiger partial charge in [-0.2, -0.15) is 0 Å². The summed E-state index contributed by atoms with van der Waals surface area (Å²) in [6.45, 7) is 2.46. The van der Waals surface area contributed by atoms with E-state index < -0.39 is 0 Å². The van der Waals surface area contributed by atoms with Crippen molar-refractivity contribution >= 4 is 16.8 Å². The molecule has 0 aliphatic heterocycles. The Morgan fingerprint density at radius 2 is 2.11 bits per heavy atom. The molecule has 0 saturated heterocycles. The van der Waals surface area contributed by atoms with Crippen LogP contribution >= 0.6 is 0 Å². The summed E-state index contributed by atoms with van der Waals surface area (Å²) >= 11 is 0. The largest absolute Gasteiger partial charge is 0.348 e. The highest BCUT2D eigenvalue weighted by molar-refractivity contribution is 5.94. The predicted octanol–water partition coefficient (Wildman–Crippen LogP) is 2.37. The highest BCUT2D eigenvalue weighted by atomic mass is 16.2. The lowest BCUT2D eigenvalue weighted by Gasteiger charge is -2.31. The van der Waals surface area contributed by atoms with Crippen molar-refractivity contribution in [1.82, 2.24) is 25.3 Å². The molecule has 1 aliphatic rings. The smallest absolute Gasteiger partial charge is 0.273 e. The van der Waals surface area contributed by atoms with E-state index in [1.165, 1.54) is 6.42 Å². The van der Waals surface area contributed by atoms with Crippen LogP contribution < -0.4 is 11.1 Å². The van der Waals surface area contributed by atoms with E-state index in [-0.39, 0.29) is 11.9 Å². The predicted molar refractivity (Wildman–Crippen MR) is 104 cm³/mol. The van der Waals surface area contributed by atoms with Gasteiger partial charge in [0.05, 0.1) is 16.9 Å². The van der Waals surface area contributed by atoms with Crippen LogP contribution in [0.15, 0.2) is 36.5 Å². The maximum Gasteiger partial charge on any atom is 0.273 e. The van der Waals surface area contributed by atoms with Crippen molar-refractivity contribution in [2.24, 2.45) is 11.7 Å². The molecule has 2 heterocycles. The van der Waals surface area contributed by atoms with Crippen molar-refractivity contribution in [3.8, 4) is 5.69 Å². The second-order valence-corrected chi connectivity index (χ2v) is 7.14. The van der Waals surface area contributed by atoms with E-state index in [0.717, 1.165) is 35.9 Å². The average molecular weight is 364 g/mol. The maximum absolute atomic E-state index is 12.8. The van der Waals surface area contributed by atoms with Crippen molar-refractivity contribution in [3.63, 3.8) is 0 Å². The fraction of sp³-hybridized carbons (Fsp3) is 0.400. The van der Waals surface area contributed by atoms with Crippen LogP contribution in [0.4, 0.5) is 0 Å². The van der Waals surface area contributed by atoms with Gasteiger partial charge in [-0.3, -0.25) is 9.78 Å². The number of nitrogens with two attached hydrogens (primary N) is 1. The number of rotatable bonds is 4. The number of benzene rings is 1. The lowest BCUT2D eigenvalue weighted by molar-refractivity contribution is 0.0902. The van der Waals surface area contributed by atoms with Crippen LogP contribution in [-0.2, 0) is 0 Å². The first-order chi connectivity index (χ1) is 13.2. The third-order valence-corrected chi connectivity index (χ3v) is 5.49. The van der Waals surface area contributed by atoms with Gasteiger partial charge in [-0.1, -0.05) is 24.1 Å². The van der Waals surface area contributed by atoms with E-state index in [2.05, 4.69) is 20.6 Å². The fourth-order valence-electron chi connectivity index (χ4n) is 3.96. The molecule has 1 fully saturated rings. The van der Waals surface area contributed by atoms with Gasteiger partial charge in [-0.25, -0.2) is 4.68 Å². The van der Waals surface area contributed by atoms with Gasteiger partial charge in [0.1, 0.15) is 0 Å². The normalized spacial score (nSPS) is 19.9. The summed E-state index contributed by atoms with van der Waals surface area (Å²) < 4.78 is 1.71. The van der Waals surface area contributed by atoms with Gasteiger partial charge in [-0.15, -0.1) is 5.10 Å². The van der Waals surface area contributed by atoms with Crippen molar-refractivity contribution in [2.45, 2.75) is 38.6 Å². The lowest BCUT2D eigenvalue weighted by Crippen LogP contribution is -2.45. The van der Waals surface area contributed by atoms with Crippen molar-refractivity contribution in [3.05, 3.63) is 47.9 Å². The molecule has 140 valence electrons. The van der Waals surface area contributed by atoms with Crippen LogP contribution in [0.2, 0.25) is 0 Å². The molecular weight excluding hydrogens is 340 g/mol. The molecule has 7 nitrogen and oxygen atoms in total. The van der Waals surface area contributed by atoms with Gasteiger partial charge in [-0.05, 0) is 56.5 Å². The molecule has 0 radical (unpaired) electrons. The Labute approximate surface area is 158 Å². The molecule has 7 heteroatoms. The maximum atomic E-state index is 12.8. The molecule has 1 saturated carbocycles. The number of hydrogen-bond donors (Lipinski definition) is 2. The third kappa shape index (κ3) is 3.30. The van der Waals surface area contributed by atoms with E-state index in [9.17, 15) is 4.79 Å². The molecule has 27 heavy (non-hydrogen) atoms. The number of carbonyl (C=O) groups is 1. The molecule has 2 unspecified atom stereocenters. The molecule has 2 aromatic heterocycles. The Morgan fingerprint density at radius 1 is 1.26 bits per heavy atom. The lowest BCUT2D eigenvalue weighted by atomic mass is 9.84. The summed E-state index contributed by atoms with van der Waals surface area (Å²) in [5.41, 5.74) is 8.69. The summed E-state index contributed by atoms with van der Waals surface area (Å²) in [6, 6.07) is 9.84. The second-order valence-electron chi connectivity index (χ2n) is 7.14. The van der Waals surface area contributed by atoms with Gasteiger partial charge in [0.2, 0.25) is 0 Å². The minimum Gasteiger partial charge on any atom is -0.348 e. The number of pyridine rings is 1. The minimum absolute atomic E-state index is 0.113. The average Bonchev–Trinajstić information content (AvgIpc) is 3.09. The summed E-state index contributed by atoms with van der Waals surface area (Å²) in [7, 11) is 0. The molecule has 0 bridgehead atoms. The van der Waals surface area contributed by atoms with Gasteiger partial charge >= 0.3 is 0 Å². The topological polar surface area (TPSA) is 98.7 Å². The third-order valence-electron chi connectivity index (χ3n) is 5.49. The van der Waals surface area contributed by atoms with E-state index in [1.807, 2.05) is 37.3 Å². The number of nitrogens with one attached hydrogen (secondary N) is 1. The summed E-state index contributed by atoms with van der Waals surface area (Å²) in [4.78, 5) is 17.2. The molecule has 3 aromatic rings. The van der Waals surface area contributed by atoms with Crippen LogP contribution in [0.1, 0.15) is 41.9 Å². The first-order valence-corrected chi connectivity index (χ1v) is 9.46. The van der Waals surface area contributed by atoms with E-state index in [4.69, 9.17) is 5.73 Å². The van der Waals surface area contributed by atoms with Gasteiger partial charge < -0.3 is 11.1 Å². The minimum atomic E-state index is -0.178. The number of carbonyl (C=O) groups excluding carboxylic acids is 1. The van der Waals surface area contributed by atoms with Crippen molar-refractivity contribution in [1.29, 1.82) is 0 Å². The highest BCUT2D eigenvalue weighted by Gasteiger charge is 2.27. The molecular formula is C20H24N6O. The van der Waals surface area contributed by atoms with Gasteiger partial charge in [0.25, 0.3) is 5.91 Å². The second kappa shape index (κ2) is 7.44. The van der Waals surface area contributed by atoms with Crippen molar-refractivity contribution < 1.29 is 4.79 Å². The Kier molecular flexibility index (Phi) is 4.85. The number of aromatic nitrogens is 4. The standard InChI is InChI=1S/C20H24N6O/c1-13-19(20(27)23-16-8-3-2-6-14(16)12-21)24-25-26(13)18-10-4-9-17-15(18)7-5-11-22-17/h4-5,7,9-11,14,16H,2-3,6,8,12,21H2,1H3,(H,23,27). The van der Waals surface area contributed by atoms with E-state index >= 15 is 0 Å². The summed E-state index contributed by atoms with van der Waals surface area (Å²) in [6.07, 6.45) is 6.10. The van der Waals surface area contributed by atoms with E-state index in [1.54, 1.807) is 10.9 Å². The zero-order valence-electron chi connectivity index (χ0n) is 15.4. The number of amides is 1. The molecule has 0 spiro atoms. The van der Waals surface area contributed by atoms with Crippen molar-refractivity contribution in [2.75, 3.05) is 6.54 Å². The SMILES string of the molecule is Cc1c(C(=O)NC2CCCCC2CN)nnn1-c1cccc2ncccc12. The Morgan fingerprint density at radius 3 is 2.96 bits per heavy atom. The molecule has 1 aliphatic carbocycles. The Balaban J connectivity index is 1.63. The summed E-state index contributed by atoms with van der Waals surface area (Å²) in [5.74, 6) is 0.157. The molecule has 2 atom stereocenters. The van der Waals surface area contributed by atoms with Crippen LogP contribution in [0.3, 0.4) is 0 Å². The zero-order valence-corrected chi connectivity index (χ0v) is 15.4. The molecule has 3 N–H and O–H groups in total. The molecule has 1 amide bonds. The fourth-order valence-corrected chi connectivity index (χ4v) is 3.96. The van der Waals surface area contributed by atoms with Gasteiger partial charge in [0.15, 0.2) is 5.69 Å². The molecule has 1 aromatic carbocycles. The molecule has 4 rings (SSSR count). The zero-order chi connectivity index (χ0) is 18.8. The first kappa shape index (κ1) is 17.6. The number of nitrogens with zero attached hydrogens (tertiary/aromatic N) is 4. The van der Waals surface area contributed by atoms with Gasteiger partial charge in [0, 0.05) is 17.6 Å². The Hall–Kier alpha value is -2.80. The monoisotopic (exact) mass is 364 g/mol. The first-order valence-electron chi connectivity index (χ1n) is 9.46. The van der Waals surface area contributed by atoms with E-state index in [0.29, 0.717) is 23.9 Å². The van der Waals surface area contributed by atoms with Crippen LogP contribution in [-0.4, -0.2) is 38.5 Å². The number of fused-ring (bicyclic) bond motifs is 1. The number of hydrogen-bond acceptors (Lipinski definition) is 5. The Bertz CT molecular complexity index is 961. The highest BCUT2D eigenvalue weighted by Crippen LogP contribution is 2.25. The van der Waals surface area contributed by atoms with Crippen LogP contribution in [0, 0.1) is 12.8 Å².